The summed E-state index contributed by atoms with van der Waals surface area (Å²) in [6.45, 7) is 3.47. The molecule has 1 N–H and O–H groups in total. The van der Waals surface area contributed by atoms with Crippen molar-refractivity contribution in [2.45, 2.75) is 56.6 Å². The molecule has 4 aliphatic rings. The summed E-state index contributed by atoms with van der Waals surface area (Å²) >= 11 is 0. The molecule has 234 valence electrons. The molecule has 3 amide bonds. The van der Waals surface area contributed by atoms with Crippen molar-refractivity contribution in [2.75, 3.05) is 26.2 Å². The molecule has 2 fully saturated rings. The fraction of sp³-hybridized carbons (Fsp3) is 0.441. The molecule has 3 aromatic rings. The van der Waals surface area contributed by atoms with E-state index in [4.69, 9.17) is 4.74 Å². The summed E-state index contributed by atoms with van der Waals surface area (Å²) in [6, 6.07) is 16.4. The zero-order chi connectivity index (χ0) is 31.2. The van der Waals surface area contributed by atoms with Gasteiger partial charge in [-0.25, -0.2) is 4.68 Å². The first kappa shape index (κ1) is 29.4. The maximum atomic E-state index is 14.7. The molecule has 11 heteroatoms. The standard InChI is InChI=1S/C34H38N6O5/c1-2-33-16-10-18-37(22-24-12-4-3-5-13-24)30(42)27(33)28-31(43)39(20-8-9-21-41)29-32(44)38(19-11-17-34(28,29)45-33)23-40-26-15-7-6-14-25(26)35-36-40/h3-7,10-17,27-29,41H,2,8-9,18-23H2,1H3/t27-,28-,29?,33+,34-/m0/s1. The van der Waals surface area contributed by atoms with Crippen LogP contribution in [0.25, 0.3) is 11.0 Å². The summed E-state index contributed by atoms with van der Waals surface area (Å²) in [5, 5.41) is 18.1. The van der Waals surface area contributed by atoms with Gasteiger partial charge in [0.1, 0.15) is 23.8 Å². The molecule has 0 aliphatic carbocycles. The summed E-state index contributed by atoms with van der Waals surface area (Å²) in [4.78, 5) is 48.9. The van der Waals surface area contributed by atoms with Gasteiger partial charge in [-0.3, -0.25) is 14.4 Å². The number of unbranched alkanes of at least 4 members (excludes halogenated alkanes) is 1. The van der Waals surface area contributed by atoms with Crippen LogP contribution < -0.4 is 0 Å². The van der Waals surface area contributed by atoms with Crippen LogP contribution in [-0.2, 0) is 32.3 Å². The van der Waals surface area contributed by atoms with Crippen molar-refractivity contribution >= 4 is 28.8 Å². The Morgan fingerprint density at radius 1 is 0.889 bits per heavy atom. The number of carbonyl (C=O) groups excluding carboxylic acids is 3. The molecule has 5 atom stereocenters. The molecule has 0 saturated carbocycles. The highest BCUT2D eigenvalue weighted by Gasteiger charge is 2.75. The molecule has 1 unspecified atom stereocenters. The minimum absolute atomic E-state index is 0.0174. The van der Waals surface area contributed by atoms with Crippen LogP contribution in [-0.4, -0.2) is 96.0 Å². The Kier molecular flexibility index (Phi) is 7.53. The molecule has 0 radical (unpaired) electrons. The number of nitrogens with zero attached hydrogens (tertiary/aromatic N) is 6. The molecule has 0 bridgehead atoms. The van der Waals surface area contributed by atoms with E-state index in [-0.39, 0.29) is 44.1 Å². The molecule has 1 spiro atoms. The number of ether oxygens (including phenoxy) is 1. The van der Waals surface area contributed by atoms with Gasteiger partial charge in [0, 0.05) is 32.8 Å². The molecular formula is C34H38N6O5. The summed E-state index contributed by atoms with van der Waals surface area (Å²) in [5.74, 6) is -2.34. The van der Waals surface area contributed by atoms with Gasteiger partial charge in [-0.2, -0.15) is 0 Å². The number of hydrogen-bond acceptors (Lipinski definition) is 7. The third kappa shape index (κ3) is 4.67. The predicted molar refractivity (Wildman–Crippen MR) is 165 cm³/mol. The maximum absolute atomic E-state index is 14.7. The number of hydrogen-bond donors (Lipinski definition) is 1. The second-order valence-corrected chi connectivity index (χ2v) is 12.4. The van der Waals surface area contributed by atoms with E-state index < -0.39 is 29.1 Å². The number of benzene rings is 2. The molecule has 4 aliphatic heterocycles. The summed E-state index contributed by atoms with van der Waals surface area (Å²) in [5.41, 5.74) is 0.150. The molecule has 11 nitrogen and oxygen atoms in total. The molecule has 7 rings (SSSR count). The minimum Gasteiger partial charge on any atom is -0.396 e. The average Bonchev–Trinajstić information content (AvgIpc) is 3.60. The van der Waals surface area contributed by atoms with Crippen LogP contribution in [0.5, 0.6) is 0 Å². The van der Waals surface area contributed by atoms with Gasteiger partial charge in [0.2, 0.25) is 11.8 Å². The van der Waals surface area contributed by atoms with E-state index in [9.17, 15) is 19.5 Å². The first-order valence-electron chi connectivity index (χ1n) is 15.8. The topological polar surface area (TPSA) is 121 Å². The van der Waals surface area contributed by atoms with E-state index in [0.717, 1.165) is 16.6 Å². The number of aliphatic hydroxyl groups is 1. The normalized spacial score (nSPS) is 29.2. The average molecular weight is 611 g/mol. The number of carbonyl (C=O) groups is 3. The number of fused-ring (bicyclic) bond motifs is 3. The summed E-state index contributed by atoms with van der Waals surface area (Å²) in [7, 11) is 0. The zero-order valence-corrected chi connectivity index (χ0v) is 25.4. The number of amides is 3. The Balaban J connectivity index is 1.28. The van der Waals surface area contributed by atoms with Gasteiger partial charge in [0.25, 0.3) is 5.91 Å². The van der Waals surface area contributed by atoms with E-state index in [2.05, 4.69) is 10.3 Å². The number of aromatic nitrogens is 3. The van der Waals surface area contributed by atoms with Crippen molar-refractivity contribution < 1.29 is 24.2 Å². The van der Waals surface area contributed by atoms with Gasteiger partial charge in [0.15, 0.2) is 0 Å². The second-order valence-electron chi connectivity index (χ2n) is 12.4. The van der Waals surface area contributed by atoms with Crippen molar-refractivity contribution in [3.8, 4) is 0 Å². The van der Waals surface area contributed by atoms with E-state index in [1.807, 2.05) is 85.8 Å². The molecule has 45 heavy (non-hydrogen) atoms. The smallest absolute Gasteiger partial charge is 0.250 e. The third-order valence-corrected chi connectivity index (χ3v) is 9.85. The lowest BCUT2D eigenvalue weighted by atomic mass is 9.73. The van der Waals surface area contributed by atoms with Crippen LogP contribution in [0.15, 0.2) is 78.9 Å². The fourth-order valence-corrected chi connectivity index (χ4v) is 7.75. The van der Waals surface area contributed by atoms with Gasteiger partial charge in [0.05, 0.1) is 23.0 Å². The van der Waals surface area contributed by atoms with E-state index >= 15 is 0 Å². The third-order valence-electron chi connectivity index (χ3n) is 9.85. The molecule has 1 aromatic heterocycles. The number of para-hydroxylation sites is 1. The Morgan fingerprint density at radius 2 is 1.64 bits per heavy atom. The number of rotatable bonds is 9. The van der Waals surface area contributed by atoms with E-state index in [0.29, 0.717) is 32.4 Å². The van der Waals surface area contributed by atoms with Gasteiger partial charge in [-0.1, -0.05) is 78.9 Å². The minimum atomic E-state index is -1.33. The zero-order valence-electron chi connectivity index (χ0n) is 25.4. The van der Waals surface area contributed by atoms with Gasteiger partial charge in [-0.05, 0) is 37.0 Å². The lowest BCUT2D eigenvalue weighted by Crippen LogP contribution is -2.56. The first-order valence-corrected chi connectivity index (χ1v) is 15.8. The Bertz CT molecular complexity index is 1670. The second kappa shape index (κ2) is 11.5. The largest absolute Gasteiger partial charge is 0.396 e. The van der Waals surface area contributed by atoms with Gasteiger partial charge < -0.3 is 24.5 Å². The van der Waals surface area contributed by atoms with E-state index in [1.165, 1.54) is 0 Å². The monoisotopic (exact) mass is 610 g/mol. The first-order chi connectivity index (χ1) is 21.9. The maximum Gasteiger partial charge on any atom is 0.250 e. The molecule has 2 saturated heterocycles. The van der Waals surface area contributed by atoms with Crippen LogP contribution in [0.4, 0.5) is 0 Å². The van der Waals surface area contributed by atoms with Crippen molar-refractivity contribution in [2.24, 2.45) is 11.8 Å². The fourth-order valence-electron chi connectivity index (χ4n) is 7.75. The van der Waals surface area contributed by atoms with Crippen molar-refractivity contribution in [3.63, 3.8) is 0 Å². The number of likely N-dealkylation sites (tertiary alicyclic amines) is 1. The quantitative estimate of drug-likeness (QED) is 0.292. The van der Waals surface area contributed by atoms with Crippen LogP contribution in [0.2, 0.25) is 0 Å². The van der Waals surface area contributed by atoms with Crippen LogP contribution >= 0.6 is 0 Å². The van der Waals surface area contributed by atoms with Crippen LogP contribution in [0, 0.1) is 11.8 Å². The highest BCUT2D eigenvalue weighted by molar-refractivity contribution is 6.00. The summed E-state index contributed by atoms with van der Waals surface area (Å²) < 4.78 is 8.75. The molecule has 5 heterocycles. The number of aliphatic hydroxyl groups excluding tert-OH is 1. The van der Waals surface area contributed by atoms with Gasteiger partial charge >= 0.3 is 0 Å². The SMILES string of the molecule is CC[C@@]12C=CCN(Cc3ccccc3)C(=O)[C@@H]1[C@H]1C(=O)N(CCCCO)C3C(=O)N(Cn4nnc5ccccc54)CC=C[C@@]31O2. The van der Waals surface area contributed by atoms with Crippen molar-refractivity contribution in [1.29, 1.82) is 0 Å². The van der Waals surface area contributed by atoms with Crippen LogP contribution in [0.3, 0.4) is 0 Å². The molecule has 2 aromatic carbocycles. The highest BCUT2D eigenvalue weighted by atomic mass is 16.5. The Hall–Kier alpha value is -4.35. The van der Waals surface area contributed by atoms with Gasteiger partial charge in [-0.15, -0.1) is 5.10 Å². The summed E-state index contributed by atoms with van der Waals surface area (Å²) in [6.07, 6.45) is 9.16. The molecular weight excluding hydrogens is 572 g/mol. The highest BCUT2D eigenvalue weighted by Crippen LogP contribution is 2.58. The lowest BCUT2D eigenvalue weighted by Gasteiger charge is -2.38. The van der Waals surface area contributed by atoms with Crippen LogP contribution in [0.1, 0.15) is 31.7 Å². The Labute approximate surface area is 261 Å². The van der Waals surface area contributed by atoms with Crippen molar-refractivity contribution in [3.05, 3.63) is 84.5 Å². The van der Waals surface area contributed by atoms with Crippen molar-refractivity contribution in [1.82, 2.24) is 29.7 Å². The predicted octanol–water partition coefficient (Wildman–Crippen LogP) is 2.52. The Morgan fingerprint density at radius 3 is 2.44 bits per heavy atom. The lowest BCUT2D eigenvalue weighted by molar-refractivity contribution is -0.155. The van der Waals surface area contributed by atoms with E-state index in [1.54, 1.807) is 19.4 Å².